The fourth-order valence-electron chi connectivity index (χ4n) is 3.39. The number of anilines is 1. The number of nitrogens with one attached hydrogen (secondary N) is 1. The van der Waals surface area contributed by atoms with E-state index in [9.17, 15) is 9.59 Å². The van der Waals surface area contributed by atoms with Crippen LogP contribution in [0.15, 0.2) is 42.5 Å². The first-order valence-corrected chi connectivity index (χ1v) is 9.46. The highest BCUT2D eigenvalue weighted by Crippen LogP contribution is 2.27. The molecule has 1 N–H and O–H groups in total. The summed E-state index contributed by atoms with van der Waals surface area (Å²) in [6, 6.07) is 13.3. The molecule has 1 aliphatic rings. The minimum Gasteiger partial charge on any atom is -0.497 e. The van der Waals surface area contributed by atoms with Gasteiger partial charge in [-0.15, -0.1) is 0 Å². The molecule has 2 aromatic rings. The monoisotopic (exact) mass is 382 g/mol. The summed E-state index contributed by atoms with van der Waals surface area (Å²) in [5.41, 5.74) is 2.89. The fourth-order valence-corrected chi connectivity index (χ4v) is 3.39. The van der Waals surface area contributed by atoms with Crippen LogP contribution in [0.5, 0.6) is 11.5 Å². The number of benzene rings is 2. The molecule has 0 saturated carbocycles. The van der Waals surface area contributed by atoms with E-state index < -0.39 is 5.92 Å². The Balaban J connectivity index is 1.63. The summed E-state index contributed by atoms with van der Waals surface area (Å²) in [7, 11) is 3.16. The van der Waals surface area contributed by atoms with Crippen molar-refractivity contribution in [3.05, 3.63) is 53.6 Å². The molecule has 0 spiro atoms. The highest BCUT2D eigenvalue weighted by atomic mass is 16.5. The summed E-state index contributed by atoms with van der Waals surface area (Å²) in [5.74, 6) is 0.256. The zero-order chi connectivity index (χ0) is 20.1. The topological polar surface area (TPSA) is 67.9 Å². The molecule has 2 amide bonds. The number of carbonyl (C=O) groups is 2. The second-order valence-corrected chi connectivity index (χ2v) is 6.75. The number of ether oxygens (including phenoxy) is 2. The van der Waals surface area contributed by atoms with E-state index in [2.05, 4.69) is 12.2 Å². The van der Waals surface area contributed by atoms with Crippen molar-refractivity contribution >= 4 is 17.5 Å². The van der Waals surface area contributed by atoms with Crippen molar-refractivity contribution in [3.8, 4) is 11.5 Å². The standard InChI is InChI=1S/C22H26N2O4/c1-4-15-5-8-17(9-6-15)24-12-11-19(22(24)26)21(25)23-14-16-7-10-18(27-2)13-20(16)28-3/h5-10,13,19H,4,11-12,14H2,1-3H3,(H,23,25)/t19-/m0/s1. The SMILES string of the molecule is CCc1ccc(N2CC[C@@H](C(=O)NCc3ccc(OC)cc3OC)C2=O)cc1. The van der Waals surface area contributed by atoms with Gasteiger partial charge in [0.1, 0.15) is 17.4 Å². The van der Waals surface area contributed by atoms with Gasteiger partial charge < -0.3 is 19.7 Å². The molecule has 1 aliphatic heterocycles. The molecule has 1 heterocycles. The summed E-state index contributed by atoms with van der Waals surface area (Å²) in [5, 5.41) is 2.87. The molecule has 0 aromatic heterocycles. The number of methoxy groups -OCH3 is 2. The van der Waals surface area contributed by atoms with E-state index in [-0.39, 0.29) is 11.8 Å². The molecule has 1 fully saturated rings. The Morgan fingerprint density at radius 2 is 1.89 bits per heavy atom. The lowest BCUT2D eigenvalue weighted by molar-refractivity contribution is -0.132. The minimum atomic E-state index is -0.657. The third kappa shape index (κ3) is 4.11. The number of carbonyl (C=O) groups excluding carboxylic acids is 2. The van der Waals surface area contributed by atoms with Crippen LogP contribution < -0.4 is 19.7 Å². The number of hydrogen-bond acceptors (Lipinski definition) is 4. The molecule has 2 aromatic carbocycles. The van der Waals surface area contributed by atoms with Gasteiger partial charge in [-0.3, -0.25) is 9.59 Å². The van der Waals surface area contributed by atoms with Crippen molar-refractivity contribution < 1.29 is 19.1 Å². The Bertz CT molecular complexity index is 848. The van der Waals surface area contributed by atoms with Gasteiger partial charge in [0.2, 0.25) is 11.8 Å². The number of rotatable bonds is 7. The van der Waals surface area contributed by atoms with E-state index in [1.807, 2.05) is 36.4 Å². The largest absolute Gasteiger partial charge is 0.497 e. The van der Waals surface area contributed by atoms with Crippen molar-refractivity contribution in [2.24, 2.45) is 5.92 Å². The highest BCUT2D eigenvalue weighted by molar-refractivity contribution is 6.09. The van der Waals surface area contributed by atoms with Crippen LogP contribution >= 0.6 is 0 Å². The summed E-state index contributed by atoms with van der Waals surface area (Å²) in [6.45, 7) is 2.93. The normalized spacial score (nSPS) is 16.2. The van der Waals surface area contributed by atoms with Gasteiger partial charge in [-0.2, -0.15) is 0 Å². The zero-order valence-electron chi connectivity index (χ0n) is 16.5. The van der Waals surface area contributed by atoms with E-state index >= 15 is 0 Å². The molecular formula is C22H26N2O4. The molecule has 0 unspecified atom stereocenters. The maximum Gasteiger partial charge on any atom is 0.239 e. The lowest BCUT2D eigenvalue weighted by Crippen LogP contribution is -2.36. The summed E-state index contributed by atoms with van der Waals surface area (Å²) in [6.07, 6.45) is 1.47. The van der Waals surface area contributed by atoms with E-state index in [4.69, 9.17) is 9.47 Å². The van der Waals surface area contributed by atoms with Crippen LogP contribution in [0, 0.1) is 5.92 Å². The van der Waals surface area contributed by atoms with Gasteiger partial charge in [-0.1, -0.05) is 19.1 Å². The maximum absolute atomic E-state index is 12.7. The molecular weight excluding hydrogens is 356 g/mol. The quantitative estimate of drug-likeness (QED) is 0.748. The summed E-state index contributed by atoms with van der Waals surface area (Å²) >= 11 is 0. The number of hydrogen-bond donors (Lipinski definition) is 1. The Kier molecular flexibility index (Phi) is 6.19. The highest BCUT2D eigenvalue weighted by Gasteiger charge is 2.37. The Morgan fingerprint density at radius 3 is 2.54 bits per heavy atom. The van der Waals surface area contributed by atoms with Gasteiger partial charge in [0, 0.05) is 30.4 Å². The Labute approximate surface area is 165 Å². The van der Waals surface area contributed by atoms with E-state index in [0.717, 1.165) is 17.7 Å². The molecule has 0 bridgehead atoms. The van der Waals surface area contributed by atoms with Crippen LogP contribution in [0.1, 0.15) is 24.5 Å². The van der Waals surface area contributed by atoms with Crippen LogP contribution in [-0.4, -0.2) is 32.6 Å². The van der Waals surface area contributed by atoms with Crippen LogP contribution in [0.2, 0.25) is 0 Å². The summed E-state index contributed by atoms with van der Waals surface area (Å²) < 4.78 is 10.5. The molecule has 0 radical (unpaired) electrons. The third-order valence-corrected chi connectivity index (χ3v) is 5.13. The maximum atomic E-state index is 12.7. The number of aryl methyl sites for hydroxylation is 1. The first-order valence-electron chi connectivity index (χ1n) is 9.46. The molecule has 1 saturated heterocycles. The minimum absolute atomic E-state index is 0.150. The van der Waals surface area contributed by atoms with Gasteiger partial charge in [-0.25, -0.2) is 0 Å². The van der Waals surface area contributed by atoms with Crippen molar-refractivity contribution in [2.45, 2.75) is 26.3 Å². The van der Waals surface area contributed by atoms with E-state index in [1.165, 1.54) is 5.56 Å². The first kappa shape index (κ1) is 19.7. The molecule has 3 rings (SSSR count). The average molecular weight is 382 g/mol. The zero-order valence-corrected chi connectivity index (χ0v) is 16.5. The second kappa shape index (κ2) is 8.78. The molecule has 6 heteroatoms. The van der Waals surface area contributed by atoms with Crippen molar-refractivity contribution in [2.75, 3.05) is 25.7 Å². The smallest absolute Gasteiger partial charge is 0.239 e. The molecule has 148 valence electrons. The van der Waals surface area contributed by atoms with Gasteiger partial charge in [0.05, 0.1) is 14.2 Å². The lowest BCUT2D eigenvalue weighted by atomic mass is 10.1. The summed E-state index contributed by atoms with van der Waals surface area (Å²) in [4.78, 5) is 27.0. The second-order valence-electron chi connectivity index (χ2n) is 6.75. The first-order chi connectivity index (χ1) is 13.6. The fraction of sp³-hybridized carbons (Fsp3) is 0.364. The van der Waals surface area contributed by atoms with Gasteiger partial charge in [0.25, 0.3) is 0 Å². The molecule has 0 aliphatic carbocycles. The van der Waals surface area contributed by atoms with E-state index in [1.54, 1.807) is 25.2 Å². The Morgan fingerprint density at radius 1 is 1.14 bits per heavy atom. The predicted molar refractivity (Wildman–Crippen MR) is 108 cm³/mol. The predicted octanol–water partition coefficient (Wildman–Crippen LogP) is 2.94. The van der Waals surface area contributed by atoms with Gasteiger partial charge >= 0.3 is 0 Å². The van der Waals surface area contributed by atoms with Crippen LogP contribution in [0.25, 0.3) is 0 Å². The lowest BCUT2D eigenvalue weighted by Gasteiger charge is -2.17. The van der Waals surface area contributed by atoms with E-state index in [0.29, 0.717) is 31.0 Å². The van der Waals surface area contributed by atoms with Crippen molar-refractivity contribution in [1.29, 1.82) is 0 Å². The van der Waals surface area contributed by atoms with Crippen LogP contribution in [0.4, 0.5) is 5.69 Å². The van der Waals surface area contributed by atoms with Crippen molar-refractivity contribution in [1.82, 2.24) is 5.32 Å². The molecule has 6 nitrogen and oxygen atoms in total. The van der Waals surface area contributed by atoms with Gasteiger partial charge in [0.15, 0.2) is 0 Å². The molecule has 28 heavy (non-hydrogen) atoms. The molecule has 1 atom stereocenters. The number of nitrogens with zero attached hydrogens (tertiary/aromatic N) is 1. The Hall–Kier alpha value is -3.02. The number of amides is 2. The van der Waals surface area contributed by atoms with Crippen LogP contribution in [0.3, 0.4) is 0 Å². The third-order valence-electron chi connectivity index (χ3n) is 5.13. The van der Waals surface area contributed by atoms with Gasteiger partial charge in [-0.05, 0) is 42.7 Å². The van der Waals surface area contributed by atoms with Crippen molar-refractivity contribution in [3.63, 3.8) is 0 Å². The average Bonchev–Trinajstić information content (AvgIpc) is 3.13. The van der Waals surface area contributed by atoms with Crippen LogP contribution in [-0.2, 0) is 22.6 Å².